The van der Waals surface area contributed by atoms with Gasteiger partial charge in [0.25, 0.3) is 5.56 Å². The van der Waals surface area contributed by atoms with E-state index in [-0.39, 0.29) is 23.3 Å². The van der Waals surface area contributed by atoms with Crippen molar-refractivity contribution in [2.24, 2.45) is 0 Å². The summed E-state index contributed by atoms with van der Waals surface area (Å²) in [5.74, 6) is 0.271. The van der Waals surface area contributed by atoms with Gasteiger partial charge < -0.3 is 9.88 Å². The van der Waals surface area contributed by atoms with Gasteiger partial charge in [-0.1, -0.05) is 42.1 Å². The second kappa shape index (κ2) is 7.79. The van der Waals surface area contributed by atoms with Gasteiger partial charge in [0.05, 0.1) is 5.75 Å². The summed E-state index contributed by atoms with van der Waals surface area (Å²) in [4.78, 5) is 32.1. The highest BCUT2D eigenvalue weighted by Gasteiger charge is 2.17. The minimum absolute atomic E-state index is 0.0235. The Hall–Kier alpha value is -2.08. The van der Waals surface area contributed by atoms with Crippen LogP contribution in [-0.2, 0) is 11.3 Å². The van der Waals surface area contributed by atoms with Crippen LogP contribution in [0, 0.1) is 0 Å². The van der Waals surface area contributed by atoms with Crippen LogP contribution < -0.4 is 5.56 Å². The van der Waals surface area contributed by atoms with Crippen molar-refractivity contribution in [3.05, 3.63) is 58.5 Å². The van der Waals surface area contributed by atoms with Crippen molar-refractivity contribution in [3.63, 3.8) is 0 Å². The third-order valence-corrected chi connectivity index (χ3v) is 3.99. The molecule has 0 bridgehead atoms. The second-order valence-corrected chi connectivity index (χ2v) is 6.09. The van der Waals surface area contributed by atoms with Crippen molar-refractivity contribution >= 4 is 17.7 Å². The predicted octanol–water partition coefficient (Wildman–Crippen LogP) is 2.30. The van der Waals surface area contributed by atoms with Gasteiger partial charge in [0.15, 0.2) is 5.16 Å². The van der Waals surface area contributed by atoms with Crippen molar-refractivity contribution in [3.8, 4) is 0 Å². The number of nitrogens with zero attached hydrogens (tertiary/aromatic N) is 2. The number of nitrogens with one attached hydrogen (secondary N) is 1. The molecule has 0 unspecified atom stereocenters. The normalized spacial score (nSPS) is 10.7. The molecule has 1 aromatic heterocycles. The number of aromatic amines is 1. The summed E-state index contributed by atoms with van der Waals surface area (Å²) >= 11 is 1.24. The zero-order chi connectivity index (χ0) is 15.9. The molecule has 22 heavy (non-hydrogen) atoms. The molecule has 0 fully saturated rings. The highest BCUT2D eigenvalue weighted by atomic mass is 32.2. The van der Waals surface area contributed by atoms with Crippen LogP contribution in [0.15, 0.2) is 52.5 Å². The van der Waals surface area contributed by atoms with E-state index < -0.39 is 0 Å². The molecule has 0 aliphatic heterocycles. The molecule has 1 N–H and O–H groups in total. The van der Waals surface area contributed by atoms with Gasteiger partial charge in [0.1, 0.15) is 0 Å². The number of hydrogen-bond donors (Lipinski definition) is 1. The molecule has 0 radical (unpaired) electrons. The molecule has 2 aromatic rings. The van der Waals surface area contributed by atoms with E-state index in [1.165, 1.54) is 24.0 Å². The number of carbonyl (C=O) groups excluding carboxylic acids is 1. The third-order valence-electron chi connectivity index (χ3n) is 3.12. The maximum atomic E-state index is 12.4. The quantitative estimate of drug-likeness (QED) is 0.656. The van der Waals surface area contributed by atoms with E-state index in [1.54, 1.807) is 0 Å². The SMILES string of the molecule is CC(C)N(Cc1ccccc1)C(=O)CSc1nccc(=O)[nH]1. The maximum absolute atomic E-state index is 12.4. The number of thioether (sulfide) groups is 1. The Morgan fingerprint density at radius 3 is 2.64 bits per heavy atom. The number of amides is 1. The van der Waals surface area contributed by atoms with Crippen LogP contribution in [0.25, 0.3) is 0 Å². The Balaban J connectivity index is 1.99. The highest BCUT2D eigenvalue weighted by Crippen LogP contribution is 2.14. The third kappa shape index (κ3) is 4.73. The van der Waals surface area contributed by atoms with Gasteiger partial charge >= 0.3 is 0 Å². The van der Waals surface area contributed by atoms with Crippen LogP contribution in [0.4, 0.5) is 0 Å². The lowest BCUT2D eigenvalue weighted by Crippen LogP contribution is -2.37. The summed E-state index contributed by atoms with van der Waals surface area (Å²) in [6.45, 7) is 4.57. The molecule has 0 atom stereocenters. The van der Waals surface area contributed by atoms with E-state index in [4.69, 9.17) is 0 Å². The van der Waals surface area contributed by atoms with E-state index in [0.29, 0.717) is 11.7 Å². The zero-order valence-corrected chi connectivity index (χ0v) is 13.5. The smallest absolute Gasteiger partial charge is 0.251 e. The Morgan fingerprint density at radius 2 is 2.00 bits per heavy atom. The summed E-state index contributed by atoms with van der Waals surface area (Å²) < 4.78 is 0. The van der Waals surface area contributed by atoms with Gasteiger partial charge in [-0.15, -0.1) is 0 Å². The first-order chi connectivity index (χ1) is 10.6. The minimum atomic E-state index is -0.213. The Bertz CT molecular complexity index is 670. The molecule has 0 aliphatic rings. The summed E-state index contributed by atoms with van der Waals surface area (Å²) in [6, 6.07) is 11.4. The van der Waals surface area contributed by atoms with Gasteiger partial charge in [-0.3, -0.25) is 9.59 Å². The molecule has 5 nitrogen and oxygen atoms in total. The lowest BCUT2D eigenvalue weighted by molar-refractivity contribution is -0.130. The average molecular weight is 317 g/mol. The first-order valence-electron chi connectivity index (χ1n) is 7.08. The van der Waals surface area contributed by atoms with Gasteiger partial charge in [-0.2, -0.15) is 0 Å². The molecular formula is C16H19N3O2S. The first kappa shape index (κ1) is 16.3. The number of rotatable bonds is 6. The fraction of sp³-hybridized carbons (Fsp3) is 0.312. The van der Waals surface area contributed by atoms with E-state index in [9.17, 15) is 9.59 Å². The predicted molar refractivity (Wildman–Crippen MR) is 87.7 cm³/mol. The van der Waals surface area contributed by atoms with Crippen molar-refractivity contribution in [1.29, 1.82) is 0 Å². The Labute approximate surface area is 133 Å². The van der Waals surface area contributed by atoms with Gasteiger partial charge in [0.2, 0.25) is 5.91 Å². The van der Waals surface area contributed by atoms with E-state index in [1.807, 2.05) is 49.1 Å². The maximum Gasteiger partial charge on any atom is 0.251 e. The van der Waals surface area contributed by atoms with Crippen molar-refractivity contribution in [1.82, 2.24) is 14.9 Å². The monoisotopic (exact) mass is 317 g/mol. The molecule has 1 amide bonds. The Morgan fingerprint density at radius 1 is 1.27 bits per heavy atom. The van der Waals surface area contributed by atoms with Gasteiger partial charge in [-0.05, 0) is 19.4 Å². The van der Waals surface area contributed by atoms with Crippen LogP contribution in [0.2, 0.25) is 0 Å². The van der Waals surface area contributed by atoms with E-state index >= 15 is 0 Å². The summed E-state index contributed by atoms with van der Waals surface area (Å²) in [6.07, 6.45) is 1.44. The zero-order valence-electron chi connectivity index (χ0n) is 12.7. The van der Waals surface area contributed by atoms with Crippen molar-refractivity contribution in [2.45, 2.75) is 31.6 Å². The molecule has 2 rings (SSSR count). The molecule has 0 saturated carbocycles. The molecule has 116 valence electrons. The molecule has 0 saturated heterocycles. The summed E-state index contributed by atoms with van der Waals surface area (Å²) in [7, 11) is 0. The van der Waals surface area contributed by atoms with Crippen LogP contribution in [-0.4, -0.2) is 32.6 Å². The lowest BCUT2D eigenvalue weighted by Gasteiger charge is -2.26. The molecule has 1 aromatic carbocycles. The van der Waals surface area contributed by atoms with E-state index in [2.05, 4.69) is 9.97 Å². The summed E-state index contributed by atoms with van der Waals surface area (Å²) in [5.41, 5.74) is 0.885. The molecule has 1 heterocycles. The fourth-order valence-electron chi connectivity index (χ4n) is 1.98. The average Bonchev–Trinajstić information content (AvgIpc) is 2.51. The van der Waals surface area contributed by atoms with Gasteiger partial charge in [0, 0.05) is 24.8 Å². The van der Waals surface area contributed by atoms with Crippen molar-refractivity contribution < 1.29 is 4.79 Å². The number of carbonyl (C=O) groups is 1. The number of H-pyrrole nitrogens is 1. The number of hydrogen-bond acceptors (Lipinski definition) is 4. The van der Waals surface area contributed by atoms with Crippen molar-refractivity contribution in [2.75, 3.05) is 5.75 Å². The van der Waals surface area contributed by atoms with Crippen LogP contribution >= 0.6 is 11.8 Å². The van der Waals surface area contributed by atoms with Crippen LogP contribution in [0.1, 0.15) is 19.4 Å². The molecule has 0 aliphatic carbocycles. The number of benzene rings is 1. The number of aromatic nitrogens is 2. The van der Waals surface area contributed by atoms with Crippen LogP contribution in [0.3, 0.4) is 0 Å². The highest BCUT2D eigenvalue weighted by molar-refractivity contribution is 7.99. The minimum Gasteiger partial charge on any atom is -0.335 e. The topological polar surface area (TPSA) is 66.1 Å². The molecule has 0 spiro atoms. The largest absolute Gasteiger partial charge is 0.335 e. The van der Waals surface area contributed by atoms with Crippen LogP contribution in [0.5, 0.6) is 0 Å². The molecule has 6 heteroatoms. The van der Waals surface area contributed by atoms with E-state index in [0.717, 1.165) is 5.56 Å². The Kier molecular flexibility index (Phi) is 5.77. The standard InChI is InChI=1S/C16H19N3O2S/c1-12(2)19(10-13-6-4-3-5-7-13)15(21)11-22-16-17-9-8-14(20)18-16/h3-9,12H,10-11H2,1-2H3,(H,17,18,20). The second-order valence-electron chi connectivity index (χ2n) is 5.13. The fourth-order valence-corrected chi connectivity index (χ4v) is 2.71. The lowest BCUT2D eigenvalue weighted by atomic mass is 10.2. The van der Waals surface area contributed by atoms with Gasteiger partial charge in [-0.25, -0.2) is 4.98 Å². The first-order valence-corrected chi connectivity index (χ1v) is 8.06. The molecular weight excluding hydrogens is 298 g/mol. The summed E-state index contributed by atoms with van der Waals surface area (Å²) in [5, 5.41) is 0.462.